The van der Waals surface area contributed by atoms with Gasteiger partial charge in [-0.05, 0) is 24.3 Å². The number of benzene rings is 1. The van der Waals surface area contributed by atoms with Gasteiger partial charge in [-0.1, -0.05) is 25.4 Å². The van der Waals surface area contributed by atoms with E-state index in [0.717, 1.165) is 15.9 Å². The normalized spacial score (nSPS) is 11.2. The number of fused-ring (bicyclic) bond motifs is 1. The van der Waals surface area contributed by atoms with Crippen LogP contribution in [0.25, 0.3) is 10.9 Å². The van der Waals surface area contributed by atoms with Crippen LogP contribution in [0.4, 0.5) is 0 Å². The second-order valence-corrected chi connectivity index (χ2v) is 4.70. The molecule has 0 fully saturated rings. The number of rotatable bonds is 3. The molecular formula is C13H14ClNO. The lowest BCUT2D eigenvalue weighted by molar-refractivity contribution is -0.122. The van der Waals surface area contributed by atoms with Crippen molar-refractivity contribution in [1.29, 1.82) is 0 Å². The summed E-state index contributed by atoms with van der Waals surface area (Å²) in [6.45, 7) is 4.28. The van der Waals surface area contributed by atoms with E-state index < -0.39 is 0 Å². The standard InChI is InChI=1S/C13H14ClNO/c1-9(2)13(16)8-15-6-5-10-7-11(14)3-4-12(10)15/h3-7,9H,8H2,1-2H3. The molecule has 0 atom stereocenters. The first-order chi connectivity index (χ1) is 7.58. The zero-order valence-corrected chi connectivity index (χ0v) is 10.2. The second kappa shape index (κ2) is 4.30. The van der Waals surface area contributed by atoms with Gasteiger partial charge >= 0.3 is 0 Å². The summed E-state index contributed by atoms with van der Waals surface area (Å²) >= 11 is 5.91. The molecule has 1 aromatic heterocycles. The quantitative estimate of drug-likeness (QED) is 0.798. The van der Waals surface area contributed by atoms with Crippen LogP contribution < -0.4 is 0 Å². The van der Waals surface area contributed by atoms with Gasteiger partial charge in [0.05, 0.1) is 6.54 Å². The minimum Gasteiger partial charge on any atom is -0.340 e. The highest BCUT2D eigenvalue weighted by molar-refractivity contribution is 6.31. The molecule has 0 saturated heterocycles. The van der Waals surface area contributed by atoms with Crippen molar-refractivity contribution in [2.24, 2.45) is 5.92 Å². The average Bonchev–Trinajstić information content (AvgIpc) is 2.60. The SMILES string of the molecule is CC(C)C(=O)Cn1ccc2cc(Cl)ccc21. The molecule has 0 spiro atoms. The van der Waals surface area contributed by atoms with Crippen molar-refractivity contribution in [3.8, 4) is 0 Å². The van der Waals surface area contributed by atoms with Gasteiger partial charge in [0.2, 0.25) is 0 Å². The van der Waals surface area contributed by atoms with Crippen molar-refractivity contribution in [2.45, 2.75) is 20.4 Å². The molecule has 84 valence electrons. The highest BCUT2D eigenvalue weighted by atomic mass is 35.5. The molecule has 0 N–H and O–H groups in total. The molecule has 0 aliphatic rings. The number of Topliss-reactive ketones (excluding diaryl/α,β-unsaturated/α-hetero) is 1. The van der Waals surface area contributed by atoms with E-state index in [1.54, 1.807) is 0 Å². The van der Waals surface area contributed by atoms with E-state index in [-0.39, 0.29) is 11.7 Å². The lowest BCUT2D eigenvalue weighted by atomic mass is 10.1. The Bertz CT molecular complexity index is 528. The Morgan fingerprint density at radius 2 is 2.12 bits per heavy atom. The number of halogens is 1. The summed E-state index contributed by atoms with van der Waals surface area (Å²) in [4.78, 5) is 11.7. The summed E-state index contributed by atoms with van der Waals surface area (Å²) < 4.78 is 1.97. The molecule has 0 aliphatic carbocycles. The minimum atomic E-state index is 0.0738. The average molecular weight is 236 g/mol. The number of hydrogen-bond acceptors (Lipinski definition) is 1. The predicted molar refractivity (Wildman–Crippen MR) is 66.8 cm³/mol. The lowest BCUT2D eigenvalue weighted by Gasteiger charge is -2.07. The van der Waals surface area contributed by atoms with Crippen LogP contribution in [-0.2, 0) is 11.3 Å². The topological polar surface area (TPSA) is 22.0 Å². The molecule has 0 amide bonds. The molecule has 2 aromatic rings. The summed E-state index contributed by atoms with van der Waals surface area (Å²) in [7, 11) is 0. The van der Waals surface area contributed by atoms with Gasteiger partial charge in [-0.15, -0.1) is 0 Å². The molecule has 0 unspecified atom stereocenters. The van der Waals surface area contributed by atoms with Gasteiger partial charge < -0.3 is 4.57 Å². The van der Waals surface area contributed by atoms with Crippen LogP contribution in [0, 0.1) is 5.92 Å². The molecule has 0 bridgehead atoms. The van der Waals surface area contributed by atoms with E-state index in [2.05, 4.69) is 0 Å². The van der Waals surface area contributed by atoms with Gasteiger partial charge in [-0.25, -0.2) is 0 Å². The number of aromatic nitrogens is 1. The fraction of sp³-hybridized carbons (Fsp3) is 0.308. The second-order valence-electron chi connectivity index (χ2n) is 4.27. The van der Waals surface area contributed by atoms with Crippen molar-refractivity contribution in [1.82, 2.24) is 4.57 Å². The summed E-state index contributed by atoms with van der Waals surface area (Å²) in [5.74, 6) is 0.317. The van der Waals surface area contributed by atoms with E-state index in [0.29, 0.717) is 6.54 Å². The number of ketones is 1. The Morgan fingerprint density at radius 1 is 1.38 bits per heavy atom. The van der Waals surface area contributed by atoms with Gasteiger partial charge in [-0.2, -0.15) is 0 Å². The third-order valence-electron chi connectivity index (χ3n) is 2.70. The zero-order chi connectivity index (χ0) is 11.7. The fourth-order valence-electron chi connectivity index (χ4n) is 1.66. The number of hydrogen-bond donors (Lipinski definition) is 0. The Kier molecular flexibility index (Phi) is 3.01. The van der Waals surface area contributed by atoms with Crippen LogP contribution in [0.5, 0.6) is 0 Å². The molecule has 2 rings (SSSR count). The van der Waals surface area contributed by atoms with Gasteiger partial charge in [0.25, 0.3) is 0 Å². The van der Waals surface area contributed by atoms with Gasteiger partial charge in [0.1, 0.15) is 0 Å². The zero-order valence-electron chi connectivity index (χ0n) is 9.40. The molecule has 16 heavy (non-hydrogen) atoms. The third-order valence-corrected chi connectivity index (χ3v) is 2.94. The van der Waals surface area contributed by atoms with E-state index >= 15 is 0 Å². The number of carbonyl (C=O) groups is 1. The van der Waals surface area contributed by atoms with Crippen LogP contribution >= 0.6 is 11.6 Å². The van der Waals surface area contributed by atoms with Crippen LogP contribution in [0.3, 0.4) is 0 Å². The first kappa shape index (κ1) is 11.2. The van der Waals surface area contributed by atoms with E-state index in [1.165, 1.54) is 0 Å². The van der Waals surface area contributed by atoms with E-state index in [4.69, 9.17) is 11.6 Å². The van der Waals surface area contributed by atoms with Crippen LogP contribution in [-0.4, -0.2) is 10.4 Å². The Labute approximate surface area is 99.8 Å². The largest absolute Gasteiger partial charge is 0.340 e. The highest BCUT2D eigenvalue weighted by Gasteiger charge is 2.09. The van der Waals surface area contributed by atoms with E-state index in [1.807, 2.05) is 48.9 Å². The van der Waals surface area contributed by atoms with Crippen LogP contribution in [0.2, 0.25) is 5.02 Å². The molecule has 2 nitrogen and oxygen atoms in total. The van der Waals surface area contributed by atoms with Crippen molar-refractivity contribution in [3.05, 3.63) is 35.5 Å². The Hall–Kier alpha value is -1.28. The summed E-state index contributed by atoms with van der Waals surface area (Å²) in [5.41, 5.74) is 1.05. The molecule has 1 aromatic carbocycles. The van der Waals surface area contributed by atoms with Crippen LogP contribution in [0.1, 0.15) is 13.8 Å². The van der Waals surface area contributed by atoms with Crippen molar-refractivity contribution in [2.75, 3.05) is 0 Å². The van der Waals surface area contributed by atoms with Crippen molar-refractivity contribution >= 4 is 28.3 Å². The maximum atomic E-state index is 11.7. The van der Waals surface area contributed by atoms with E-state index in [9.17, 15) is 4.79 Å². The maximum absolute atomic E-state index is 11.7. The molecule has 3 heteroatoms. The first-order valence-electron chi connectivity index (χ1n) is 5.35. The first-order valence-corrected chi connectivity index (χ1v) is 5.73. The molecule has 0 saturated carbocycles. The van der Waals surface area contributed by atoms with Gasteiger partial charge in [0.15, 0.2) is 5.78 Å². The molecular weight excluding hydrogens is 222 g/mol. The molecule has 1 heterocycles. The summed E-state index contributed by atoms with van der Waals surface area (Å²) in [6, 6.07) is 7.69. The monoisotopic (exact) mass is 235 g/mol. The maximum Gasteiger partial charge on any atom is 0.155 e. The van der Waals surface area contributed by atoms with Crippen molar-refractivity contribution in [3.63, 3.8) is 0 Å². The Balaban J connectivity index is 2.35. The van der Waals surface area contributed by atoms with Gasteiger partial charge in [0, 0.05) is 28.0 Å². The summed E-state index contributed by atoms with van der Waals surface area (Å²) in [5, 5.41) is 1.80. The lowest BCUT2D eigenvalue weighted by Crippen LogP contribution is -2.14. The summed E-state index contributed by atoms with van der Waals surface area (Å²) in [6.07, 6.45) is 1.93. The van der Waals surface area contributed by atoms with Gasteiger partial charge in [-0.3, -0.25) is 4.79 Å². The predicted octanol–water partition coefficient (Wildman–Crippen LogP) is 3.52. The fourth-order valence-corrected chi connectivity index (χ4v) is 1.84. The smallest absolute Gasteiger partial charge is 0.155 e. The third kappa shape index (κ3) is 2.12. The molecule has 0 aliphatic heterocycles. The number of carbonyl (C=O) groups excluding carboxylic acids is 1. The van der Waals surface area contributed by atoms with Crippen LogP contribution in [0.15, 0.2) is 30.5 Å². The highest BCUT2D eigenvalue weighted by Crippen LogP contribution is 2.20. The van der Waals surface area contributed by atoms with Crippen molar-refractivity contribution < 1.29 is 4.79 Å². The number of nitrogens with zero attached hydrogens (tertiary/aromatic N) is 1. The molecule has 0 radical (unpaired) electrons. The Morgan fingerprint density at radius 3 is 2.81 bits per heavy atom. The minimum absolute atomic E-state index is 0.0738.